The molecule has 0 radical (unpaired) electrons. The molecular formula is C64H84Br4O4. The highest BCUT2D eigenvalue weighted by Crippen LogP contribution is 2.50. The summed E-state index contributed by atoms with van der Waals surface area (Å²) >= 11 is 15.2. The van der Waals surface area contributed by atoms with Crippen LogP contribution in [0.25, 0.3) is 0 Å². The van der Waals surface area contributed by atoms with E-state index in [4.69, 9.17) is 18.9 Å². The van der Waals surface area contributed by atoms with Crippen LogP contribution in [0.3, 0.4) is 0 Å². The van der Waals surface area contributed by atoms with Crippen LogP contribution in [0.4, 0.5) is 0 Å². The first-order chi connectivity index (χ1) is 34.9. The SMILES string of the molecule is CC1(c2cc3c(OCCBr)c(c2)Cc2cc(C4(C)CCCCC4)cc(c2OCCBr)Cc2cc(C4(C)CCCCC4)cc(c2OCCBr)Cc2cc(C4(C)CCCCC4)cc(c2OCCBr)C3)CCCCC1. The molecule has 392 valence electrons. The Labute approximate surface area is 468 Å². The molecule has 4 fully saturated rings. The minimum absolute atomic E-state index is 0.0905. The van der Waals surface area contributed by atoms with Gasteiger partial charge in [0.2, 0.25) is 0 Å². The molecule has 0 N–H and O–H groups in total. The van der Waals surface area contributed by atoms with Gasteiger partial charge in [0.25, 0.3) is 0 Å². The van der Waals surface area contributed by atoms with Crippen molar-refractivity contribution in [3.8, 4) is 23.0 Å². The normalized spacial score (nSPS) is 20.3. The van der Waals surface area contributed by atoms with Gasteiger partial charge in [-0.2, -0.15) is 0 Å². The Kier molecular flexibility index (Phi) is 18.7. The zero-order chi connectivity index (χ0) is 50.4. The summed E-state index contributed by atoms with van der Waals surface area (Å²) in [5, 5.41) is 3.05. The Bertz CT molecular complexity index is 2040. The second kappa shape index (κ2) is 24.6. The van der Waals surface area contributed by atoms with E-state index in [1.807, 2.05) is 0 Å². The van der Waals surface area contributed by atoms with Crippen molar-refractivity contribution in [2.45, 2.75) is 203 Å². The van der Waals surface area contributed by atoms with Gasteiger partial charge in [0.15, 0.2) is 0 Å². The lowest BCUT2D eigenvalue weighted by Gasteiger charge is -2.37. The molecule has 8 heteroatoms. The van der Waals surface area contributed by atoms with Crippen LogP contribution in [-0.4, -0.2) is 47.7 Å². The largest absolute Gasteiger partial charge is 0.492 e. The second-order valence-corrected chi connectivity index (χ2v) is 27.0. The summed E-state index contributed by atoms with van der Waals surface area (Å²) in [4.78, 5) is 0. The Morgan fingerprint density at radius 2 is 0.458 bits per heavy atom. The van der Waals surface area contributed by atoms with E-state index in [-0.39, 0.29) is 21.7 Å². The van der Waals surface area contributed by atoms with Crippen molar-refractivity contribution in [1.29, 1.82) is 0 Å². The summed E-state index contributed by atoms with van der Waals surface area (Å²) in [6.07, 6.45) is 28.1. The van der Waals surface area contributed by atoms with E-state index in [9.17, 15) is 0 Å². The number of alkyl halides is 4. The first kappa shape index (κ1) is 54.8. The number of halogens is 4. The van der Waals surface area contributed by atoms with E-state index in [0.29, 0.717) is 26.4 Å². The van der Waals surface area contributed by atoms with Crippen LogP contribution in [0.2, 0.25) is 0 Å². The molecule has 4 nitrogen and oxygen atoms in total. The second-order valence-electron chi connectivity index (χ2n) is 23.8. The van der Waals surface area contributed by atoms with Gasteiger partial charge in [0.05, 0.1) is 26.4 Å². The van der Waals surface area contributed by atoms with E-state index in [2.05, 4.69) is 140 Å². The molecule has 0 spiro atoms. The molecule has 0 saturated heterocycles. The highest BCUT2D eigenvalue weighted by molar-refractivity contribution is 9.09. The predicted octanol–water partition coefficient (Wildman–Crippen LogP) is 18.3. The van der Waals surface area contributed by atoms with Crippen LogP contribution in [0.1, 0.15) is 223 Å². The van der Waals surface area contributed by atoms with Gasteiger partial charge in [0.1, 0.15) is 23.0 Å². The fourth-order valence-electron chi connectivity index (χ4n) is 14.1. The lowest BCUT2D eigenvalue weighted by atomic mass is 9.68. The molecule has 72 heavy (non-hydrogen) atoms. The number of hydrogen-bond donors (Lipinski definition) is 0. The average molecular weight is 1240 g/mol. The van der Waals surface area contributed by atoms with Crippen LogP contribution < -0.4 is 18.9 Å². The molecule has 5 aliphatic rings. The van der Waals surface area contributed by atoms with E-state index in [1.165, 1.54) is 195 Å². The Morgan fingerprint density at radius 1 is 0.292 bits per heavy atom. The highest BCUT2D eigenvalue weighted by Gasteiger charge is 2.37. The average Bonchev–Trinajstić information content (AvgIpc) is 3.38. The monoisotopic (exact) mass is 1230 g/mol. The highest BCUT2D eigenvalue weighted by atomic mass is 79.9. The molecule has 4 aromatic carbocycles. The van der Waals surface area contributed by atoms with Gasteiger partial charge in [0, 0.05) is 47.0 Å². The Morgan fingerprint density at radius 3 is 0.611 bits per heavy atom. The third kappa shape index (κ3) is 12.2. The van der Waals surface area contributed by atoms with Crippen LogP contribution in [0.15, 0.2) is 48.5 Å². The number of fused-ring (bicyclic) bond motifs is 8. The molecule has 8 bridgehead atoms. The maximum absolute atomic E-state index is 7.16. The summed E-state index contributed by atoms with van der Waals surface area (Å²) < 4.78 is 28.6. The Hall–Kier alpha value is -2.00. The fraction of sp³-hybridized carbons (Fsp3) is 0.625. The van der Waals surface area contributed by atoms with E-state index < -0.39 is 0 Å². The third-order valence-electron chi connectivity index (χ3n) is 18.4. The summed E-state index contributed by atoms with van der Waals surface area (Å²) in [5.74, 6) is 4.15. The van der Waals surface area contributed by atoms with Gasteiger partial charge in [-0.15, -0.1) is 0 Å². The van der Waals surface area contributed by atoms with Gasteiger partial charge in [-0.25, -0.2) is 0 Å². The standard InChI is InChI=1S/C64H84Br4O4/c1-61(17-9-5-10-18-61)53-37-45-33-47-39-54(62(2)19-11-6-12-20-62)41-49(58(47)70-30-26-66)35-51-43-56(64(4)23-15-8-16-24-64)44-52(60(51)72-32-28-68)36-50-42-55(63(3)21-13-7-14-22-63)40-48(59(50)71-31-27-67)34-46(38-53)57(45)69-29-25-65/h37-44H,5-36H2,1-4H3. The van der Waals surface area contributed by atoms with Crippen LogP contribution in [0, 0.1) is 0 Å². The van der Waals surface area contributed by atoms with Crippen LogP contribution in [0.5, 0.6) is 23.0 Å². The van der Waals surface area contributed by atoms with E-state index in [0.717, 1.165) is 70.0 Å². The van der Waals surface area contributed by atoms with Crippen molar-refractivity contribution in [3.63, 3.8) is 0 Å². The van der Waals surface area contributed by atoms with Crippen LogP contribution >= 0.6 is 63.7 Å². The number of ether oxygens (including phenoxy) is 4. The maximum Gasteiger partial charge on any atom is 0.126 e. The smallest absolute Gasteiger partial charge is 0.126 e. The van der Waals surface area contributed by atoms with Crippen molar-refractivity contribution < 1.29 is 18.9 Å². The zero-order valence-electron chi connectivity index (χ0n) is 44.4. The molecule has 4 aromatic rings. The predicted molar refractivity (Wildman–Crippen MR) is 316 cm³/mol. The van der Waals surface area contributed by atoms with Crippen molar-refractivity contribution in [2.75, 3.05) is 47.7 Å². The van der Waals surface area contributed by atoms with E-state index in [1.54, 1.807) is 0 Å². The summed E-state index contributed by atoms with van der Waals surface area (Å²) in [7, 11) is 0. The van der Waals surface area contributed by atoms with Gasteiger partial charge in [-0.3, -0.25) is 0 Å². The summed E-state index contributed by atoms with van der Waals surface area (Å²) in [6.45, 7) is 12.6. The minimum Gasteiger partial charge on any atom is -0.492 e. The first-order valence-electron chi connectivity index (χ1n) is 28.3. The molecule has 0 heterocycles. The molecule has 0 aromatic heterocycles. The molecule has 4 saturated carbocycles. The maximum atomic E-state index is 7.16. The quantitative estimate of drug-likeness (QED) is 0.0923. The molecule has 0 amide bonds. The molecule has 9 rings (SSSR count). The minimum atomic E-state index is 0.0905. The first-order valence-corrected chi connectivity index (χ1v) is 32.8. The third-order valence-corrected chi connectivity index (χ3v) is 19.7. The lowest BCUT2D eigenvalue weighted by molar-refractivity contribution is 0.313. The number of hydrogen-bond acceptors (Lipinski definition) is 4. The van der Waals surface area contributed by atoms with Crippen molar-refractivity contribution >= 4 is 63.7 Å². The summed E-state index contributed by atoms with van der Waals surface area (Å²) in [6, 6.07) is 20.6. The van der Waals surface area contributed by atoms with Gasteiger partial charge < -0.3 is 18.9 Å². The molecule has 0 unspecified atom stereocenters. The zero-order valence-corrected chi connectivity index (χ0v) is 50.7. The fourth-order valence-corrected chi connectivity index (χ4v) is 14.7. The lowest BCUT2D eigenvalue weighted by Crippen LogP contribution is -2.27. The van der Waals surface area contributed by atoms with Crippen molar-refractivity contribution in [1.82, 2.24) is 0 Å². The Balaban J connectivity index is 1.39. The van der Waals surface area contributed by atoms with Crippen molar-refractivity contribution in [2.24, 2.45) is 0 Å². The van der Waals surface area contributed by atoms with Crippen LogP contribution in [-0.2, 0) is 47.3 Å². The number of rotatable bonds is 16. The van der Waals surface area contributed by atoms with Gasteiger partial charge >= 0.3 is 0 Å². The van der Waals surface area contributed by atoms with E-state index >= 15 is 0 Å². The molecule has 0 aliphatic heterocycles. The van der Waals surface area contributed by atoms with Gasteiger partial charge in [-0.05, 0) is 140 Å². The molecule has 0 atom stereocenters. The topological polar surface area (TPSA) is 36.9 Å². The molecular weight excluding hydrogens is 1150 g/mol. The summed E-state index contributed by atoms with van der Waals surface area (Å²) in [5.41, 5.74) is 16.4. The van der Waals surface area contributed by atoms with Crippen molar-refractivity contribution in [3.05, 3.63) is 115 Å². The van der Waals surface area contributed by atoms with Gasteiger partial charge in [-0.1, -0.05) is 217 Å². The number of benzene rings is 4. The molecule has 5 aliphatic carbocycles.